The Hall–Kier alpha value is -3.39. The topological polar surface area (TPSA) is 120 Å². The van der Waals surface area contributed by atoms with Crippen LogP contribution in [0.3, 0.4) is 0 Å². The lowest BCUT2D eigenvalue weighted by Gasteiger charge is -2.21. The first-order chi connectivity index (χ1) is 15.5. The maximum Gasteiger partial charge on any atom is 0.247 e. The molecule has 0 fully saturated rings. The molecule has 0 spiro atoms. The van der Waals surface area contributed by atoms with E-state index in [1.54, 1.807) is 18.2 Å². The van der Waals surface area contributed by atoms with Crippen LogP contribution >= 0.6 is 0 Å². The van der Waals surface area contributed by atoms with Crippen molar-refractivity contribution in [1.29, 1.82) is 0 Å². The van der Waals surface area contributed by atoms with Crippen molar-refractivity contribution in [3.63, 3.8) is 0 Å². The molecule has 0 heterocycles. The van der Waals surface area contributed by atoms with Crippen LogP contribution in [0.1, 0.15) is 32.3 Å². The third kappa shape index (κ3) is 7.70. The fraction of sp³-hybridized carbons (Fsp3) is 0.375. The fourth-order valence-corrected chi connectivity index (χ4v) is 3.08. The van der Waals surface area contributed by atoms with E-state index in [2.05, 4.69) is 10.6 Å². The second-order valence-electron chi connectivity index (χ2n) is 7.11. The van der Waals surface area contributed by atoms with E-state index in [4.69, 9.17) is 15.2 Å². The first kappa shape index (κ1) is 24.9. The SMILES string of the molecule is CCOc1ccc(OCC)c(NC(=O)C(CCc2ccccc2)NC(=O)C(N)CC=O)c1. The Labute approximate surface area is 188 Å². The molecule has 172 valence electrons. The Morgan fingerprint density at radius 2 is 1.75 bits per heavy atom. The highest BCUT2D eigenvalue weighted by molar-refractivity contribution is 5.99. The number of hydrogen-bond acceptors (Lipinski definition) is 6. The maximum atomic E-state index is 13.1. The van der Waals surface area contributed by atoms with Gasteiger partial charge in [0.25, 0.3) is 0 Å². The zero-order chi connectivity index (χ0) is 23.3. The lowest BCUT2D eigenvalue weighted by molar-refractivity contribution is -0.128. The van der Waals surface area contributed by atoms with E-state index in [9.17, 15) is 14.4 Å². The number of anilines is 1. The number of amides is 2. The minimum atomic E-state index is -1.01. The van der Waals surface area contributed by atoms with Crippen molar-refractivity contribution in [1.82, 2.24) is 5.32 Å². The summed E-state index contributed by atoms with van der Waals surface area (Å²) in [5.41, 5.74) is 7.22. The van der Waals surface area contributed by atoms with Crippen LogP contribution in [0.15, 0.2) is 48.5 Å². The molecule has 0 radical (unpaired) electrons. The number of benzene rings is 2. The highest BCUT2D eigenvalue weighted by Gasteiger charge is 2.24. The van der Waals surface area contributed by atoms with E-state index in [1.165, 1.54) is 0 Å². The van der Waals surface area contributed by atoms with Crippen LogP contribution in [0.5, 0.6) is 11.5 Å². The van der Waals surface area contributed by atoms with Gasteiger partial charge in [-0.05, 0) is 44.4 Å². The molecule has 8 nitrogen and oxygen atoms in total. The molecule has 0 aromatic heterocycles. The average Bonchev–Trinajstić information content (AvgIpc) is 2.79. The van der Waals surface area contributed by atoms with Crippen molar-refractivity contribution in [3.05, 3.63) is 54.1 Å². The molecule has 32 heavy (non-hydrogen) atoms. The van der Waals surface area contributed by atoms with Crippen LogP contribution < -0.4 is 25.8 Å². The number of aldehydes is 1. The van der Waals surface area contributed by atoms with Gasteiger partial charge in [-0.25, -0.2) is 0 Å². The normalized spacial score (nSPS) is 12.3. The molecule has 8 heteroatoms. The molecular weight excluding hydrogens is 410 g/mol. The standard InChI is InChI=1S/C24H31N3O5/c1-3-31-18-11-13-22(32-4-2)21(16-18)27-24(30)20(26-23(29)19(25)14-15-28)12-10-17-8-6-5-7-9-17/h5-9,11,13,15-16,19-20H,3-4,10,12,14,25H2,1-2H3,(H,26,29)(H,27,30). The number of rotatable bonds is 13. The molecule has 0 saturated heterocycles. The lowest BCUT2D eigenvalue weighted by atomic mass is 10.0. The molecule has 0 aliphatic heterocycles. The Kier molecular flexibility index (Phi) is 10.2. The van der Waals surface area contributed by atoms with E-state index in [0.717, 1.165) is 5.56 Å². The first-order valence-corrected chi connectivity index (χ1v) is 10.7. The van der Waals surface area contributed by atoms with Gasteiger partial charge >= 0.3 is 0 Å². The van der Waals surface area contributed by atoms with E-state index >= 15 is 0 Å². The highest BCUT2D eigenvalue weighted by Crippen LogP contribution is 2.29. The predicted octanol–water partition coefficient (Wildman–Crippen LogP) is 2.46. The number of nitrogens with two attached hydrogens (primary N) is 1. The summed E-state index contributed by atoms with van der Waals surface area (Å²) in [5.74, 6) is 0.111. The van der Waals surface area contributed by atoms with Crippen LogP contribution in [-0.2, 0) is 20.8 Å². The third-order valence-corrected chi connectivity index (χ3v) is 4.70. The quantitative estimate of drug-likeness (QED) is 0.411. The van der Waals surface area contributed by atoms with Crippen LogP contribution in [-0.4, -0.2) is 43.4 Å². The number of hydrogen-bond donors (Lipinski definition) is 3. The Morgan fingerprint density at radius 3 is 2.41 bits per heavy atom. The van der Waals surface area contributed by atoms with Crippen molar-refractivity contribution in [3.8, 4) is 11.5 Å². The summed E-state index contributed by atoms with van der Waals surface area (Å²) in [7, 11) is 0. The molecule has 2 aromatic carbocycles. The number of carbonyl (C=O) groups excluding carboxylic acids is 3. The van der Waals surface area contributed by atoms with Gasteiger partial charge in [-0.15, -0.1) is 0 Å². The van der Waals surface area contributed by atoms with Gasteiger partial charge in [-0.1, -0.05) is 30.3 Å². The van der Waals surface area contributed by atoms with E-state index in [0.29, 0.717) is 49.5 Å². The molecule has 4 N–H and O–H groups in total. The number of aryl methyl sites for hydroxylation is 1. The second kappa shape index (κ2) is 13.1. The van der Waals surface area contributed by atoms with E-state index < -0.39 is 23.9 Å². The molecule has 2 rings (SSSR count). The van der Waals surface area contributed by atoms with Crippen LogP contribution in [0, 0.1) is 0 Å². The first-order valence-electron chi connectivity index (χ1n) is 10.7. The van der Waals surface area contributed by atoms with E-state index in [1.807, 2.05) is 44.2 Å². The second-order valence-corrected chi connectivity index (χ2v) is 7.11. The molecule has 2 amide bonds. The fourth-order valence-electron chi connectivity index (χ4n) is 3.08. The summed E-state index contributed by atoms with van der Waals surface area (Å²) in [5, 5.41) is 5.51. The summed E-state index contributed by atoms with van der Waals surface area (Å²) < 4.78 is 11.1. The van der Waals surface area contributed by atoms with Crippen molar-refractivity contribution < 1.29 is 23.9 Å². The van der Waals surface area contributed by atoms with Crippen molar-refractivity contribution in [2.75, 3.05) is 18.5 Å². The zero-order valence-corrected chi connectivity index (χ0v) is 18.5. The summed E-state index contributed by atoms with van der Waals surface area (Å²) in [6.45, 7) is 4.61. The number of ether oxygens (including phenoxy) is 2. The van der Waals surface area contributed by atoms with Gasteiger partial charge in [-0.3, -0.25) is 9.59 Å². The molecule has 0 saturated carbocycles. The number of nitrogens with one attached hydrogen (secondary N) is 2. The van der Waals surface area contributed by atoms with Crippen molar-refractivity contribution in [2.45, 2.75) is 45.2 Å². The smallest absolute Gasteiger partial charge is 0.247 e. The third-order valence-electron chi connectivity index (χ3n) is 4.70. The van der Waals surface area contributed by atoms with E-state index in [-0.39, 0.29) is 6.42 Å². The van der Waals surface area contributed by atoms with Gasteiger partial charge in [0.2, 0.25) is 11.8 Å². The van der Waals surface area contributed by atoms with Gasteiger partial charge in [0, 0.05) is 12.5 Å². The molecule has 2 atom stereocenters. The van der Waals surface area contributed by atoms with Gasteiger partial charge in [-0.2, -0.15) is 0 Å². The zero-order valence-electron chi connectivity index (χ0n) is 18.5. The maximum absolute atomic E-state index is 13.1. The molecular formula is C24H31N3O5. The van der Waals surface area contributed by atoms with Crippen LogP contribution in [0.2, 0.25) is 0 Å². The number of carbonyl (C=O) groups is 3. The minimum Gasteiger partial charge on any atom is -0.494 e. The summed E-state index contributed by atoms with van der Waals surface area (Å²) in [4.78, 5) is 36.3. The Bertz CT molecular complexity index is 888. The molecule has 0 bridgehead atoms. The van der Waals surface area contributed by atoms with Gasteiger partial charge in [0.15, 0.2) is 0 Å². The van der Waals surface area contributed by atoms with Gasteiger partial charge in [0.05, 0.1) is 24.9 Å². The van der Waals surface area contributed by atoms with Crippen LogP contribution in [0.4, 0.5) is 5.69 Å². The molecule has 2 aromatic rings. The lowest BCUT2D eigenvalue weighted by Crippen LogP contribution is -2.50. The monoisotopic (exact) mass is 441 g/mol. The summed E-state index contributed by atoms with van der Waals surface area (Å²) in [6, 6.07) is 12.9. The Morgan fingerprint density at radius 1 is 1.03 bits per heavy atom. The highest BCUT2D eigenvalue weighted by atomic mass is 16.5. The van der Waals surface area contributed by atoms with Crippen molar-refractivity contribution in [2.24, 2.45) is 5.73 Å². The molecule has 2 unspecified atom stereocenters. The minimum absolute atomic E-state index is 0.121. The predicted molar refractivity (Wildman–Crippen MR) is 123 cm³/mol. The summed E-state index contributed by atoms with van der Waals surface area (Å²) in [6.07, 6.45) is 1.38. The Balaban J connectivity index is 2.21. The average molecular weight is 442 g/mol. The molecule has 0 aliphatic carbocycles. The molecule has 0 aliphatic rings. The van der Waals surface area contributed by atoms with Gasteiger partial charge < -0.3 is 30.6 Å². The van der Waals surface area contributed by atoms with Gasteiger partial charge in [0.1, 0.15) is 23.8 Å². The van der Waals surface area contributed by atoms with Crippen molar-refractivity contribution >= 4 is 23.8 Å². The van der Waals surface area contributed by atoms with Crippen LogP contribution in [0.25, 0.3) is 0 Å². The summed E-state index contributed by atoms with van der Waals surface area (Å²) >= 11 is 0. The largest absolute Gasteiger partial charge is 0.494 e.